The van der Waals surface area contributed by atoms with E-state index in [0.717, 1.165) is 10.9 Å². The highest BCUT2D eigenvalue weighted by molar-refractivity contribution is 5.82. The molecule has 0 aliphatic carbocycles. The number of hydrogen-bond acceptors (Lipinski definition) is 5. The lowest BCUT2D eigenvalue weighted by molar-refractivity contribution is -0.384. The maximum absolute atomic E-state index is 10.6. The number of rotatable bonds is 3. The van der Waals surface area contributed by atoms with Crippen molar-refractivity contribution in [1.29, 1.82) is 0 Å². The highest BCUT2D eigenvalue weighted by Gasteiger charge is 2.07. The Morgan fingerprint density at radius 1 is 1.29 bits per heavy atom. The van der Waals surface area contributed by atoms with Gasteiger partial charge in [0, 0.05) is 31.6 Å². The summed E-state index contributed by atoms with van der Waals surface area (Å²) >= 11 is 0. The molecule has 0 amide bonds. The van der Waals surface area contributed by atoms with Crippen molar-refractivity contribution in [2.45, 2.75) is 0 Å². The SMILES string of the molecule is CN(C)Nc1ccc2cc([N+](=O)[O-])ccc2n1. The van der Waals surface area contributed by atoms with Gasteiger partial charge in [-0.2, -0.15) is 0 Å². The van der Waals surface area contributed by atoms with Gasteiger partial charge in [-0.3, -0.25) is 10.1 Å². The molecule has 0 spiro atoms. The fourth-order valence-corrected chi connectivity index (χ4v) is 1.52. The summed E-state index contributed by atoms with van der Waals surface area (Å²) in [7, 11) is 3.73. The number of non-ortho nitro benzene ring substituents is 1. The summed E-state index contributed by atoms with van der Waals surface area (Å²) < 4.78 is 0. The molecule has 6 nitrogen and oxygen atoms in total. The van der Waals surface area contributed by atoms with E-state index in [2.05, 4.69) is 10.4 Å². The largest absolute Gasteiger partial charge is 0.304 e. The number of fused-ring (bicyclic) bond motifs is 1. The maximum Gasteiger partial charge on any atom is 0.270 e. The van der Waals surface area contributed by atoms with Gasteiger partial charge in [0.05, 0.1) is 10.4 Å². The van der Waals surface area contributed by atoms with E-state index in [1.54, 1.807) is 23.2 Å². The second-order valence-electron chi connectivity index (χ2n) is 3.84. The Labute approximate surface area is 98.0 Å². The Balaban J connectivity index is 2.43. The van der Waals surface area contributed by atoms with Crippen molar-refractivity contribution < 1.29 is 4.92 Å². The average molecular weight is 232 g/mol. The Hall–Kier alpha value is -2.21. The molecule has 0 saturated carbocycles. The fraction of sp³-hybridized carbons (Fsp3) is 0.182. The highest BCUT2D eigenvalue weighted by Crippen LogP contribution is 2.20. The molecule has 1 heterocycles. The van der Waals surface area contributed by atoms with Gasteiger partial charge in [-0.15, -0.1) is 0 Å². The quantitative estimate of drug-likeness (QED) is 0.647. The van der Waals surface area contributed by atoms with Gasteiger partial charge < -0.3 is 5.43 Å². The summed E-state index contributed by atoms with van der Waals surface area (Å²) in [6.07, 6.45) is 0. The van der Waals surface area contributed by atoms with Crippen molar-refractivity contribution in [2.24, 2.45) is 0 Å². The van der Waals surface area contributed by atoms with Crippen LogP contribution in [-0.2, 0) is 0 Å². The van der Waals surface area contributed by atoms with E-state index in [0.29, 0.717) is 5.82 Å². The molecule has 0 radical (unpaired) electrons. The molecule has 1 N–H and O–H groups in total. The number of hydrazine groups is 1. The third-order valence-electron chi connectivity index (χ3n) is 2.22. The third kappa shape index (κ3) is 2.48. The first-order valence-corrected chi connectivity index (χ1v) is 5.05. The fourth-order valence-electron chi connectivity index (χ4n) is 1.52. The molecule has 0 atom stereocenters. The predicted molar refractivity (Wildman–Crippen MR) is 65.7 cm³/mol. The molecule has 0 bridgehead atoms. The summed E-state index contributed by atoms with van der Waals surface area (Å²) in [5, 5.41) is 13.2. The van der Waals surface area contributed by atoms with Crippen molar-refractivity contribution >= 4 is 22.4 Å². The number of nitrogens with zero attached hydrogens (tertiary/aromatic N) is 3. The monoisotopic (exact) mass is 232 g/mol. The molecule has 88 valence electrons. The predicted octanol–water partition coefficient (Wildman–Crippen LogP) is 2.03. The number of hydrogen-bond donors (Lipinski definition) is 1. The minimum atomic E-state index is -0.411. The van der Waals surface area contributed by atoms with Gasteiger partial charge in [-0.1, -0.05) is 0 Å². The first-order valence-electron chi connectivity index (χ1n) is 5.05. The molecule has 1 aromatic carbocycles. The molecule has 2 rings (SSSR count). The van der Waals surface area contributed by atoms with Crippen LogP contribution in [-0.4, -0.2) is 29.0 Å². The van der Waals surface area contributed by atoms with E-state index >= 15 is 0 Å². The molecule has 0 saturated heterocycles. The van der Waals surface area contributed by atoms with Crippen LogP contribution in [0.15, 0.2) is 30.3 Å². The Kier molecular flexibility index (Phi) is 2.88. The topological polar surface area (TPSA) is 71.3 Å². The van der Waals surface area contributed by atoms with Crippen LogP contribution in [0.25, 0.3) is 10.9 Å². The van der Waals surface area contributed by atoms with Crippen LogP contribution in [0.2, 0.25) is 0 Å². The summed E-state index contributed by atoms with van der Waals surface area (Å²) in [5.41, 5.74) is 3.82. The van der Waals surface area contributed by atoms with Gasteiger partial charge in [0.15, 0.2) is 0 Å². The van der Waals surface area contributed by atoms with Crippen molar-refractivity contribution in [1.82, 2.24) is 9.99 Å². The first-order chi connectivity index (χ1) is 8.06. The van der Waals surface area contributed by atoms with Crippen LogP contribution in [0.4, 0.5) is 11.5 Å². The van der Waals surface area contributed by atoms with Crippen LogP contribution in [0.3, 0.4) is 0 Å². The number of nitro benzene ring substituents is 1. The molecule has 17 heavy (non-hydrogen) atoms. The number of anilines is 1. The number of nitro groups is 1. The van der Waals surface area contributed by atoms with E-state index in [1.807, 2.05) is 14.1 Å². The highest BCUT2D eigenvalue weighted by atomic mass is 16.6. The average Bonchev–Trinajstić information content (AvgIpc) is 2.27. The normalized spacial score (nSPS) is 10.8. The minimum Gasteiger partial charge on any atom is -0.304 e. The Morgan fingerprint density at radius 2 is 2.06 bits per heavy atom. The van der Waals surface area contributed by atoms with E-state index in [-0.39, 0.29) is 5.69 Å². The second kappa shape index (κ2) is 4.34. The molecule has 0 aliphatic rings. The van der Waals surface area contributed by atoms with Gasteiger partial charge in [-0.05, 0) is 18.2 Å². The molecule has 2 aromatic rings. The third-order valence-corrected chi connectivity index (χ3v) is 2.22. The van der Waals surface area contributed by atoms with Crippen molar-refractivity contribution in [3.8, 4) is 0 Å². The number of aromatic nitrogens is 1. The van der Waals surface area contributed by atoms with Crippen LogP contribution in [0, 0.1) is 10.1 Å². The molecular weight excluding hydrogens is 220 g/mol. The van der Waals surface area contributed by atoms with Crippen molar-refractivity contribution in [2.75, 3.05) is 19.5 Å². The smallest absolute Gasteiger partial charge is 0.270 e. The van der Waals surface area contributed by atoms with E-state index in [1.165, 1.54) is 12.1 Å². The number of pyridine rings is 1. The van der Waals surface area contributed by atoms with Gasteiger partial charge in [0.2, 0.25) is 0 Å². The maximum atomic E-state index is 10.6. The first kappa shape index (κ1) is 11.3. The van der Waals surface area contributed by atoms with Crippen molar-refractivity contribution in [3.05, 3.63) is 40.4 Å². The van der Waals surface area contributed by atoms with Crippen LogP contribution in [0.1, 0.15) is 0 Å². The number of nitrogens with one attached hydrogen (secondary N) is 1. The van der Waals surface area contributed by atoms with Gasteiger partial charge in [-0.25, -0.2) is 9.99 Å². The second-order valence-corrected chi connectivity index (χ2v) is 3.84. The van der Waals surface area contributed by atoms with Gasteiger partial charge >= 0.3 is 0 Å². The summed E-state index contributed by atoms with van der Waals surface area (Å²) in [6.45, 7) is 0. The lowest BCUT2D eigenvalue weighted by atomic mass is 10.2. The van der Waals surface area contributed by atoms with Crippen LogP contribution in [0.5, 0.6) is 0 Å². The molecular formula is C11H12N4O2. The summed E-state index contributed by atoms with van der Waals surface area (Å²) in [6, 6.07) is 8.21. The molecule has 0 unspecified atom stereocenters. The van der Waals surface area contributed by atoms with Gasteiger partial charge in [0.1, 0.15) is 5.82 Å². The zero-order valence-electron chi connectivity index (χ0n) is 9.54. The summed E-state index contributed by atoms with van der Waals surface area (Å²) in [5.74, 6) is 0.705. The lowest BCUT2D eigenvalue weighted by Crippen LogP contribution is -2.20. The Morgan fingerprint density at radius 3 is 2.71 bits per heavy atom. The van der Waals surface area contributed by atoms with Crippen LogP contribution < -0.4 is 5.43 Å². The molecule has 6 heteroatoms. The van der Waals surface area contributed by atoms with Crippen LogP contribution >= 0.6 is 0 Å². The van der Waals surface area contributed by atoms with E-state index in [9.17, 15) is 10.1 Å². The standard InChI is InChI=1S/C11H12N4O2/c1-14(2)13-11-6-3-8-7-9(15(16)17)4-5-10(8)12-11/h3-7H,1-2H3,(H,12,13). The zero-order chi connectivity index (χ0) is 12.4. The molecule has 0 aliphatic heterocycles. The van der Waals surface area contributed by atoms with E-state index in [4.69, 9.17) is 0 Å². The van der Waals surface area contributed by atoms with E-state index < -0.39 is 4.92 Å². The lowest BCUT2D eigenvalue weighted by Gasteiger charge is -2.12. The zero-order valence-corrected chi connectivity index (χ0v) is 9.54. The number of benzene rings is 1. The Bertz CT molecular complexity index is 568. The van der Waals surface area contributed by atoms with Crippen molar-refractivity contribution in [3.63, 3.8) is 0 Å². The molecule has 1 aromatic heterocycles. The molecule has 0 fully saturated rings. The minimum absolute atomic E-state index is 0.0765. The van der Waals surface area contributed by atoms with Gasteiger partial charge in [0.25, 0.3) is 5.69 Å². The summed E-state index contributed by atoms with van der Waals surface area (Å²) in [4.78, 5) is 14.6.